The van der Waals surface area contributed by atoms with E-state index in [1.807, 2.05) is 6.92 Å². The van der Waals surface area contributed by atoms with Crippen molar-refractivity contribution >= 4 is 6.29 Å². The van der Waals surface area contributed by atoms with Gasteiger partial charge >= 0.3 is 0 Å². The SMILES string of the molecule is CCn1nccc1-c1cc(F)ccc1C=O. The summed E-state index contributed by atoms with van der Waals surface area (Å²) in [6.07, 6.45) is 2.36. The van der Waals surface area contributed by atoms with Crippen molar-refractivity contribution in [2.45, 2.75) is 13.5 Å². The Morgan fingerprint density at radius 2 is 2.25 bits per heavy atom. The normalized spacial score (nSPS) is 10.4. The van der Waals surface area contributed by atoms with E-state index >= 15 is 0 Å². The molecule has 0 radical (unpaired) electrons. The average Bonchev–Trinajstić information content (AvgIpc) is 2.76. The summed E-state index contributed by atoms with van der Waals surface area (Å²) < 4.78 is 14.9. The first-order chi connectivity index (χ1) is 7.76. The molecule has 0 saturated heterocycles. The molecule has 0 amide bonds. The lowest BCUT2D eigenvalue weighted by atomic mass is 10.1. The van der Waals surface area contributed by atoms with E-state index in [2.05, 4.69) is 5.10 Å². The Morgan fingerprint density at radius 1 is 1.44 bits per heavy atom. The molecule has 1 heterocycles. The Bertz CT molecular complexity index is 519. The van der Waals surface area contributed by atoms with E-state index < -0.39 is 0 Å². The van der Waals surface area contributed by atoms with Gasteiger partial charge in [-0.3, -0.25) is 9.48 Å². The third-order valence-electron chi connectivity index (χ3n) is 2.43. The molecule has 2 rings (SSSR count). The molecule has 0 spiro atoms. The lowest BCUT2D eigenvalue weighted by Crippen LogP contribution is -2.00. The van der Waals surface area contributed by atoms with Crippen molar-refractivity contribution in [1.82, 2.24) is 9.78 Å². The lowest BCUT2D eigenvalue weighted by Gasteiger charge is -2.07. The second kappa shape index (κ2) is 4.26. The van der Waals surface area contributed by atoms with Gasteiger partial charge in [0.05, 0.1) is 5.69 Å². The summed E-state index contributed by atoms with van der Waals surface area (Å²) in [6, 6.07) is 5.88. The third kappa shape index (κ3) is 1.74. The number of aryl methyl sites for hydroxylation is 1. The molecule has 0 aliphatic carbocycles. The molecule has 0 bridgehead atoms. The molecule has 0 N–H and O–H groups in total. The first kappa shape index (κ1) is 10.5. The summed E-state index contributed by atoms with van der Waals surface area (Å²) in [5.74, 6) is -0.357. The number of benzene rings is 1. The highest BCUT2D eigenvalue weighted by Crippen LogP contribution is 2.23. The highest BCUT2D eigenvalue weighted by atomic mass is 19.1. The Labute approximate surface area is 92.5 Å². The molecule has 3 nitrogen and oxygen atoms in total. The van der Waals surface area contributed by atoms with Gasteiger partial charge < -0.3 is 0 Å². The molecule has 0 atom stereocenters. The van der Waals surface area contributed by atoms with E-state index in [1.165, 1.54) is 18.2 Å². The van der Waals surface area contributed by atoms with Gasteiger partial charge in [0.15, 0.2) is 6.29 Å². The Balaban J connectivity index is 2.62. The van der Waals surface area contributed by atoms with Crippen molar-refractivity contribution in [3.05, 3.63) is 41.8 Å². The zero-order valence-corrected chi connectivity index (χ0v) is 8.85. The Kier molecular flexibility index (Phi) is 2.81. The Morgan fingerprint density at radius 3 is 2.94 bits per heavy atom. The highest BCUT2D eigenvalue weighted by molar-refractivity contribution is 5.86. The van der Waals surface area contributed by atoms with Crippen LogP contribution in [0.1, 0.15) is 17.3 Å². The molecule has 4 heteroatoms. The second-order valence-electron chi connectivity index (χ2n) is 3.38. The fraction of sp³-hybridized carbons (Fsp3) is 0.167. The number of aromatic nitrogens is 2. The van der Waals surface area contributed by atoms with Crippen LogP contribution in [0.15, 0.2) is 30.5 Å². The zero-order valence-electron chi connectivity index (χ0n) is 8.85. The summed E-state index contributed by atoms with van der Waals surface area (Å²) >= 11 is 0. The number of hydrogen-bond donors (Lipinski definition) is 0. The van der Waals surface area contributed by atoms with E-state index in [-0.39, 0.29) is 5.82 Å². The van der Waals surface area contributed by atoms with Crippen molar-refractivity contribution < 1.29 is 9.18 Å². The van der Waals surface area contributed by atoms with Crippen LogP contribution < -0.4 is 0 Å². The van der Waals surface area contributed by atoms with Crippen molar-refractivity contribution in [1.29, 1.82) is 0 Å². The molecule has 0 unspecified atom stereocenters. The van der Waals surface area contributed by atoms with E-state index in [1.54, 1.807) is 16.9 Å². The molecule has 2 aromatic rings. The van der Waals surface area contributed by atoms with E-state index in [0.717, 1.165) is 12.0 Å². The van der Waals surface area contributed by atoms with Gasteiger partial charge in [-0.1, -0.05) is 0 Å². The number of hydrogen-bond acceptors (Lipinski definition) is 2. The van der Waals surface area contributed by atoms with E-state index in [0.29, 0.717) is 17.7 Å². The van der Waals surface area contributed by atoms with Crippen molar-refractivity contribution in [2.24, 2.45) is 0 Å². The lowest BCUT2D eigenvalue weighted by molar-refractivity contribution is 0.112. The minimum atomic E-state index is -0.357. The minimum absolute atomic E-state index is 0.357. The van der Waals surface area contributed by atoms with Crippen LogP contribution >= 0.6 is 0 Å². The van der Waals surface area contributed by atoms with Gasteiger partial charge in [-0.2, -0.15) is 5.10 Å². The van der Waals surface area contributed by atoms with Crippen LogP contribution in [-0.2, 0) is 6.54 Å². The van der Waals surface area contributed by atoms with Gasteiger partial charge in [0.25, 0.3) is 0 Å². The number of carbonyl (C=O) groups excluding carboxylic acids is 1. The van der Waals surface area contributed by atoms with Crippen LogP contribution in [0.4, 0.5) is 4.39 Å². The smallest absolute Gasteiger partial charge is 0.150 e. The summed E-state index contributed by atoms with van der Waals surface area (Å²) in [5, 5.41) is 4.09. The van der Waals surface area contributed by atoms with Crippen LogP contribution in [0, 0.1) is 5.82 Å². The maximum absolute atomic E-state index is 13.2. The molecule has 1 aromatic heterocycles. The van der Waals surface area contributed by atoms with Gasteiger partial charge in [-0.05, 0) is 31.2 Å². The predicted molar refractivity (Wildman–Crippen MR) is 58.7 cm³/mol. The first-order valence-corrected chi connectivity index (χ1v) is 5.03. The molecule has 0 aliphatic heterocycles. The maximum Gasteiger partial charge on any atom is 0.150 e. The maximum atomic E-state index is 13.2. The Hall–Kier alpha value is -1.97. The molecule has 82 valence electrons. The average molecular weight is 218 g/mol. The fourth-order valence-corrected chi connectivity index (χ4v) is 1.67. The summed E-state index contributed by atoms with van der Waals surface area (Å²) in [7, 11) is 0. The van der Waals surface area contributed by atoms with Crippen LogP contribution in [-0.4, -0.2) is 16.1 Å². The molecule has 0 aliphatic rings. The van der Waals surface area contributed by atoms with Gasteiger partial charge in [0.2, 0.25) is 0 Å². The van der Waals surface area contributed by atoms with Gasteiger partial charge in [0, 0.05) is 23.9 Å². The van der Waals surface area contributed by atoms with E-state index in [9.17, 15) is 9.18 Å². The molecule has 16 heavy (non-hydrogen) atoms. The van der Waals surface area contributed by atoms with Crippen LogP contribution in [0.2, 0.25) is 0 Å². The molecule has 0 saturated carbocycles. The standard InChI is InChI=1S/C12H11FN2O/c1-2-15-12(5-6-14-15)11-7-10(13)4-3-9(11)8-16/h3-8H,2H2,1H3. The zero-order chi connectivity index (χ0) is 11.5. The fourth-order valence-electron chi connectivity index (χ4n) is 1.67. The monoisotopic (exact) mass is 218 g/mol. The predicted octanol–water partition coefficient (Wildman–Crippen LogP) is 2.52. The van der Waals surface area contributed by atoms with Gasteiger partial charge in [-0.25, -0.2) is 4.39 Å². The van der Waals surface area contributed by atoms with Crippen LogP contribution in [0.25, 0.3) is 11.3 Å². The highest BCUT2D eigenvalue weighted by Gasteiger charge is 2.10. The van der Waals surface area contributed by atoms with Gasteiger partial charge in [-0.15, -0.1) is 0 Å². The number of rotatable bonds is 3. The largest absolute Gasteiger partial charge is 0.298 e. The molecule has 0 fully saturated rings. The minimum Gasteiger partial charge on any atom is -0.298 e. The second-order valence-corrected chi connectivity index (χ2v) is 3.38. The van der Waals surface area contributed by atoms with Crippen LogP contribution in [0.5, 0.6) is 0 Å². The molecular formula is C12H11FN2O. The topological polar surface area (TPSA) is 34.9 Å². The summed E-state index contributed by atoms with van der Waals surface area (Å²) in [5.41, 5.74) is 1.80. The summed E-state index contributed by atoms with van der Waals surface area (Å²) in [4.78, 5) is 10.9. The van der Waals surface area contributed by atoms with Crippen molar-refractivity contribution in [3.63, 3.8) is 0 Å². The number of aldehydes is 1. The van der Waals surface area contributed by atoms with Crippen molar-refractivity contribution in [3.8, 4) is 11.3 Å². The van der Waals surface area contributed by atoms with Gasteiger partial charge in [0.1, 0.15) is 5.82 Å². The number of halogens is 1. The number of carbonyl (C=O) groups is 1. The van der Waals surface area contributed by atoms with Crippen LogP contribution in [0.3, 0.4) is 0 Å². The molecule has 1 aromatic carbocycles. The molecular weight excluding hydrogens is 207 g/mol. The van der Waals surface area contributed by atoms with Crippen molar-refractivity contribution in [2.75, 3.05) is 0 Å². The van der Waals surface area contributed by atoms with E-state index in [4.69, 9.17) is 0 Å². The number of nitrogens with zero attached hydrogens (tertiary/aromatic N) is 2. The summed E-state index contributed by atoms with van der Waals surface area (Å²) in [6.45, 7) is 2.62. The quantitative estimate of drug-likeness (QED) is 0.742. The third-order valence-corrected chi connectivity index (χ3v) is 2.43. The first-order valence-electron chi connectivity index (χ1n) is 5.03.